The highest BCUT2D eigenvalue weighted by atomic mass is 19.4. The average molecular weight is 255 g/mol. The predicted octanol–water partition coefficient (Wildman–Crippen LogP) is 3.04. The first kappa shape index (κ1) is 13.3. The summed E-state index contributed by atoms with van der Waals surface area (Å²) >= 11 is 0. The van der Waals surface area contributed by atoms with Gasteiger partial charge in [-0.25, -0.2) is 18.6 Å². The molecule has 3 nitrogen and oxygen atoms in total. The molecule has 0 bridgehead atoms. The smallest absolute Gasteiger partial charge is 0.433 e. The van der Waals surface area contributed by atoms with E-state index < -0.39 is 41.1 Å². The first-order valence-corrected chi connectivity index (χ1v) is 4.24. The van der Waals surface area contributed by atoms with Crippen LogP contribution in [-0.2, 0) is 6.18 Å². The number of aromatic carboxylic acids is 1. The number of nitrogens with zero attached hydrogens (tertiary/aromatic N) is 1. The summed E-state index contributed by atoms with van der Waals surface area (Å²) in [5, 5.41) is 8.59. The molecule has 0 aromatic carbocycles. The molecule has 0 spiro atoms. The number of aromatic nitrogens is 1. The van der Waals surface area contributed by atoms with Crippen LogP contribution in [0, 0.1) is 6.92 Å². The lowest BCUT2D eigenvalue weighted by Gasteiger charge is -2.12. The Labute approximate surface area is 91.9 Å². The third-order valence-corrected chi connectivity index (χ3v) is 2.04. The van der Waals surface area contributed by atoms with Crippen LogP contribution in [0.4, 0.5) is 22.0 Å². The van der Waals surface area contributed by atoms with E-state index in [2.05, 4.69) is 4.98 Å². The summed E-state index contributed by atoms with van der Waals surface area (Å²) in [7, 11) is 0. The predicted molar refractivity (Wildman–Crippen MR) is 45.9 cm³/mol. The topological polar surface area (TPSA) is 50.2 Å². The summed E-state index contributed by atoms with van der Waals surface area (Å²) in [6, 6.07) is 0.159. The van der Waals surface area contributed by atoms with Crippen molar-refractivity contribution in [2.75, 3.05) is 0 Å². The first-order chi connectivity index (χ1) is 7.64. The zero-order valence-corrected chi connectivity index (χ0v) is 8.35. The molecule has 0 radical (unpaired) electrons. The summed E-state index contributed by atoms with van der Waals surface area (Å²) in [5.74, 6) is -1.78. The molecular weight excluding hydrogens is 249 g/mol. The Morgan fingerprint density at radius 2 is 1.94 bits per heavy atom. The van der Waals surface area contributed by atoms with Gasteiger partial charge in [-0.05, 0) is 18.6 Å². The van der Waals surface area contributed by atoms with Crippen LogP contribution in [0.2, 0.25) is 0 Å². The van der Waals surface area contributed by atoms with Crippen LogP contribution >= 0.6 is 0 Å². The molecule has 94 valence electrons. The third kappa shape index (κ3) is 2.69. The molecule has 0 unspecified atom stereocenters. The van der Waals surface area contributed by atoms with Gasteiger partial charge in [0.25, 0.3) is 6.43 Å². The molecule has 0 aliphatic heterocycles. The zero-order valence-electron chi connectivity index (χ0n) is 8.35. The van der Waals surface area contributed by atoms with Crippen LogP contribution in [0.25, 0.3) is 0 Å². The Balaban J connectivity index is 3.53. The van der Waals surface area contributed by atoms with E-state index >= 15 is 0 Å². The molecule has 1 aromatic heterocycles. The van der Waals surface area contributed by atoms with Crippen molar-refractivity contribution < 1.29 is 31.9 Å². The van der Waals surface area contributed by atoms with Crippen LogP contribution in [-0.4, -0.2) is 16.1 Å². The maximum Gasteiger partial charge on any atom is 0.433 e. The highest BCUT2D eigenvalue weighted by molar-refractivity contribution is 5.87. The largest absolute Gasteiger partial charge is 0.477 e. The molecule has 0 atom stereocenters. The number of pyridine rings is 1. The Morgan fingerprint density at radius 3 is 2.29 bits per heavy atom. The maximum atomic E-state index is 12.5. The summed E-state index contributed by atoms with van der Waals surface area (Å²) in [4.78, 5) is 13.4. The van der Waals surface area contributed by atoms with E-state index in [1.807, 2.05) is 0 Å². The van der Waals surface area contributed by atoms with Gasteiger partial charge in [0, 0.05) is 5.56 Å². The fourth-order valence-corrected chi connectivity index (χ4v) is 1.21. The Morgan fingerprint density at radius 1 is 1.41 bits per heavy atom. The standard InChI is InChI=1S/C9H6F5NO2/c1-3-4(7(10)11)2-5(9(12,13)14)15-6(3)8(16)17/h2,7H,1H3,(H,16,17). The van der Waals surface area contributed by atoms with E-state index in [9.17, 15) is 26.7 Å². The number of carboxylic acid groups (broad SMARTS) is 1. The van der Waals surface area contributed by atoms with Crippen molar-refractivity contribution in [1.29, 1.82) is 0 Å². The van der Waals surface area contributed by atoms with Crippen molar-refractivity contribution in [2.24, 2.45) is 0 Å². The monoisotopic (exact) mass is 255 g/mol. The van der Waals surface area contributed by atoms with Crippen molar-refractivity contribution in [1.82, 2.24) is 4.98 Å². The summed E-state index contributed by atoms with van der Waals surface area (Å²) < 4.78 is 61.8. The maximum absolute atomic E-state index is 12.5. The first-order valence-electron chi connectivity index (χ1n) is 4.24. The number of carboxylic acids is 1. The van der Waals surface area contributed by atoms with Gasteiger partial charge >= 0.3 is 12.1 Å². The molecule has 1 N–H and O–H groups in total. The minimum Gasteiger partial charge on any atom is -0.477 e. The Hall–Kier alpha value is -1.73. The quantitative estimate of drug-likeness (QED) is 0.826. The molecule has 0 aliphatic rings. The van der Waals surface area contributed by atoms with Crippen LogP contribution in [0.5, 0.6) is 0 Å². The van der Waals surface area contributed by atoms with E-state index in [0.29, 0.717) is 0 Å². The van der Waals surface area contributed by atoms with Crippen LogP contribution in [0.3, 0.4) is 0 Å². The molecule has 17 heavy (non-hydrogen) atoms. The van der Waals surface area contributed by atoms with Gasteiger partial charge in [-0.3, -0.25) is 0 Å². The number of carbonyl (C=O) groups is 1. The van der Waals surface area contributed by atoms with E-state index in [-0.39, 0.29) is 6.07 Å². The van der Waals surface area contributed by atoms with Gasteiger partial charge in [-0.2, -0.15) is 13.2 Å². The van der Waals surface area contributed by atoms with Gasteiger partial charge in [-0.1, -0.05) is 0 Å². The number of hydrogen-bond acceptors (Lipinski definition) is 2. The minimum atomic E-state index is -4.97. The molecule has 1 heterocycles. The van der Waals surface area contributed by atoms with Crippen molar-refractivity contribution in [3.63, 3.8) is 0 Å². The molecule has 0 aliphatic carbocycles. The lowest BCUT2D eigenvalue weighted by atomic mass is 10.1. The van der Waals surface area contributed by atoms with Crippen molar-refractivity contribution >= 4 is 5.97 Å². The zero-order chi connectivity index (χ0) is 13.4. The third-order valence-electron chi connectivity index (χ3n) is 2.04. The molecule has 8 heteroatoms. The second kappa shape index (κ2) is 4.27. The molecular formula is C9H6F5NO2. The van der Waals surface area contributed by atoms with Gasteiger partial charge in [0.2, 0.25) is 0 Å². The van der Waals surface area contributed by atoms with Crippen LogP contribution < -0.4 is 0 Å². The van der Waals surface area contributed by atoms with Crippen molar-refractivity contribution in [3.8, 4) is 0 Å². The molecule has 0 saturated carbocycles. The number of alkyl halides is 5. The Bertz CT molecular complexity index is 455. The number of hydrogen-bond donors (Lipinski definition) is 1. The molecule has 0 fully saturated rings. The lowest BCUT2D eigenvalue weighted by molar-refractivity contribution is -0.141. The molecule has 0 saturated heterocycles. The molecule has 0 amide bonds. The van der Waals surface area contributed by atoms with Gasteiger partial charge in [0.05, 0.1) is 0 Å². The Kier molecular flexibility index (Phi) is 3.35. The normalized spacial score (nSPS) is 11.9. The summed E-state index contributed by atoms with van der Waals surface area (Å²) in [6.07, 6.45) is -8.17. The summed E-state index contributed by atoms with van der Waals surface area (Å²) in [6.45, 7) is 0.984. The minimum absolute atomic E-state index is 0.159. The van der Waals surface area contributed by atoms with Gasteiger partial charge in [0.1, 0.15) is 5.69 Å². The second-order valence-corrected chi connectivity index (χ2v) is 3.17. The van der Waals surface area contributed by atoms with Gasteiger partial charge in [0.15, 0.2) is 5.69 Å². The lowest BCUT2D eigenvalue weighted by Crippen LogP contribution is -2.15. The summed E-state index contributed by atoms with van der Waals surface area (Å²) in [5.41, 5.74) is -4.11. The van der Waals surface area contributed by atoms with E-state index in [1.165, 1.54) is 0 Å². The fourth-order valence-electron chi connectivity index (χ4n) is 1.21. The highest BCUT2D eigenvalue weighted by Crippen LogP contribution is 2.33. The number of halogens is 5. The fraction of sp³-hybridized carbons (Fsp3) is 0.333. The van der Waals surface area contributed by atoms with Crippen LogP contribution in [0.1, 0.15) is 33.7 Å². The average Bonchev–Trinajstić information content (AvgIpc) is 2.14. The second-order valence-electron chi connectivity index (χ2n) is 3.17. The van der Waals surface area contributed by atoms with Crippen molar-refractivity contribution in [2.45, 2.75) is 19.5 Å². The van der Waals surface area contributed by atoms with Crippen molar-refractivity contribution in [3.05, 3.63) is 28.6 Å². The molecule has 1 rings (SSSR count). The van der Waals surface area contributed by atoms with E-state index in [4.69, 9.17) is 5.11 Å². The van der Waals surface area contributed by atoms with Crippen LogP contribution in [0.15, 0.2) is 6.07 Å². The SMILES string of the molecule is Cc1c(C(F)F)cc(C(F)(F)F)nc1C(=O)O. The van der Waals surface area contributed by atoms with Gasteiger partial charge < -0.3 is 5.11 Å². The van der Waals surface area contributed by atoms with E-state index in [0.717, 1.165) is 6.92 Å². The number of rotatable bonds is 2. The van der Waals surface area contributed by atoms with Gasteiger partial charge in [-0.15, -0.1) is 0 Å². The molecule has 1 aromatic rings. The van der Waals surface area contributed by atoms with E-state index in [1.54, 1.807) is 0 Å². The highest BCUT2D eigenvalue weighted by Gasteiger charge is 2.35.